The van der Waals surface area contributed by atoms with Crippen LogP contribution in [0.4, 0.5) is 14.5 Å². The van der Waals surface area contributed by atoms with Gasteiger partial charge in [0.15, 0.2) is 6.61 Å². The molecule has 1 N–H and O–H groups in total. The standard InChI is InChI=1S/C15H15F2N3O4/c1-9-10(7-18-20(9)2)14(22)23-8-13(21)19-11-5-3-4-6-12(11)24-15(16)17/h3-7,15H,8H2,1-2H3,(H,19,21). The molecule has 128 valence electrons. The van der Waals surface area contributed by atoms with Crippen molar-refractivity contribution in [2.75, 3.05) is 11.9 Å². The van der Waals surface area contributed by atoms with E-state index in [4.69, 9.17) is 4.74 Å². The maximum atomic E-state index is 12.3. The lowest BCUT2D eigenvalue weighted by Gasteiger charge is -2.11. The number of nitrogens with zero attached hydrogens (tertiary/aromatic N) is 2. The topological polar surface area (TPSA) is 82.5 Å². The lowest BCUT2D eigenvalue weighted by molar-refractivity contribution is -0.119. The average molecular weight is 339 g/mol. The highest BCUT2D eigenvalue weighted by molar-refractivity contribution is 5.96. The monoisotopic (exact) mass is 339 g/mol. The number of para-hydroxylation sites is 2. The highest BCUT2D eigenvalue weighted by atomic mass is 19.3. The van der Waals surface area contributed by atoms with E-state index in [0.717, 1.165) is 0 Å². The number of ether oxygens (including phenoxy) is 2. The summed E-state index contributed by atoms with van der Waals surface area (Å²) in [5.41, 5.74) is 0.888. The molecule has 0 saturated carbocycles. The number of hydrogen-bond acceptors (Lipinski definition) is 5. The Morgan fingerprint density at radius 3 is 2.67 bits per heavy atom. The molecule has 0 aliphatic carbocycles. The zero-order valence-corrected chi connectivity index (χ0v) is 13.0. The van der Waals surface area contributed by atoms with E-state index in [1.165, 1.54) is 29.1 Å². The van der Waals surface area contributed by atoms with Gasteiger partial charge in [-0.1, -0.05) is 12.1 Å². The van der Waals surface area contributed by atoms with Crippen molar-refractivity contribution in [2.45, 2.75) is 13.5 Å². The first-order chi connectivity index (χ1) is 11.4. The number of aryl methyl sites for hydroxylation is 1. The Labute approximate surface area is 136 Å². The second-order valence-electron chi connectivity index (χ2n) is 4.77. The van der Waals surface area contributed by atoms with E-state index in [2.05, 4.69) is 15.2 Å². The molecule has 0 fully saturated rings. The van der Waals surface area contributed by atoms with Gasteiger partial charge in [0, 0.05) is 12.7 Å². The predicted octanol–water partition coefficient (Wildman–Crippen LogP) is 2.13. The molecule has 7 nitrogen and oxygen atoms in total. The van der Waals surface area contributed by atoms with Crippen molar-refractivity contribution in [3.8, 4) is 5.75 Å². The third-order valence-corrected chi connectivity index (χ3v) is 3.17. The van der Waals surface area contributed by atoms with Crippen LogP contribution in [0.1, 0.15) is 16.1 Å². The van der Waals surface area contributed by atoms with Gasteiger partial charge in [0.2, 0.25) is 0 Å². The summed E-state index contributed by atoms with van der Waals surface area (Å²) in [7, 11) is 1.67. The van der Waals surface area contributed by atoms with Gasteiger partial charge in [-0.05, 0) is 19.1 Å². The number of anilines is 1. The van der Waals surface area contributed by atoms with E-state index in [9.17, 15) is 18.4 Å². The smallest absolute Gasteiger partial charge is 0.387 e. The minimum atomic E-state index is -3.02. The number of carbonyl (C=O) groups excluding carboxylic acids is 2. The number of benzene rings is 1. The minimum Gasteiger partial charge on any atom is -0.452 e. The highest BCUT2D eigenvalue weighted by Crippen LogP contribution is 2.25. The molecule has 1 aromatic heterocycles. The summed E-state index contributed by atoms with van der Waals surface area (Å²) >= 11 is 0. The van der Waals surface area contributed by atoms with Crippen molar-refractivity contribution >= 4 is 17.6 Å². The molecule has 0 unspecified atom stereocenters. The van der Waals surface area contributed by atoms with Crippen LogP contribution in [0.15, 0.2) is 30.5 Å². The number of rotatable bonds is 6. The summed E-state index contributed by atoms with van der Waals surface area (Å²) < 4.78 is 35.3. The van der Waals surface area contributed by atoms with E-state index < -0.39 is 25.1 Å². The van der Waals surface area contributed by atoms with Gasteiger partial charge < -0.3 is 14.8 Å². The van der Waals surface area contributed by atoms with Crippen molar-refractivity contribution in [1.82, 2.24) is 9.78 Å². The van der Waals surface area contributed by atoms with Crippen LogP contribution in [0.3, 0.4) is 0 Å². The molecule has 0 aliphatic rings. The first-order valence-corrected chi connectivity index (χ1v) is 6.88. The zero-order chi connectivity index (χ0) is 17.7. The average Bonchev–Trinajstić information content (AvgIpc) is 2.86. The van der Waals surface area contributed by atoms with Crippen molar-refractivity contribution in [2.24, 2.45) is 7.05 Å². The molecule has 24 heavy (non-hydrogen) atoms. The van der Waals surface area contributed by atoms with E-state index in [1.807, 2.05) is 0 Å². The molecule has 1 amide bonds. The van der Waals surface area contributed by atoms with Gasteiger partial charge in [-0.15, -0.1) is 0 Å². The molecular formula is C15H15F2N3O4. The molecule has 0 atom stereocenters. The van der Waals surface area contributed by atoms with Crippen LogP contribution in [-0.4, -0.2) is 34.9 Å². The molecule has 1 aromatic carbocycles. The molecular weight excluding hydrogens is 324 g/mol. The second-order valence-corrected chi connectivity index (χ2v) is 4.77. The minimum absolute atomic E-state index is 0.0522. The number of nitrogens with one attached hydrogen (secondary N) is 1. The first kappa shape index (κ1) is 17.4. The molecule has 1 heterocycles. The molecule has 2 rings (SSSR count). The Bertz CT molecular complexity index is 746. The SMILES string of the molecule is Cc1c(C(=O)OCC(=O)Nc2ccccc2OC(F)F)cnn1C. The molecule has 0 bridgehead atoms. The molecule has 9 heteroatoms. The van der Waals surface area contributed by atoms with E-state index >= 15 is 0 Å². The third-order valence-electron chi connectivity index (χ3n) is 3.17. The Morgan fingerprint density at radius 1 is 1.33 bits per heavy atom. The van der Waals surface area contributed by atoms with Gasteiger partial charge in [0.05, 0.1) is 11.9 Å². The van der Waals surface area contributed by atoms with Gasteiger partial charge in [0.25, 0.3) is 5.91 Å². The second kappa shape index (κ2) is 7.53. The van der Waals surface area contributed by atoms with Crippen LogP contribution in [0.25, 0.3) is 0 Å². The van der Waals surface area contributed by atoms with E-state index in [1.54, 1.807) is 20.0 Å². The van der Waals surface area contributed by atoms with Gasteiger partial charge in [-0.25, -0.2) is 4.79 Å². The number of aromatic nitrogens is 2. The van der Waals surface area contributed by atoms with Crippen LogP contribution >= 0.6 is 0 Å². The number of halogens is 2. The maximum Gasteiger partial charge on any atom is 0.387 e. The number of esters is 1. The van der Waals surface area contributed by atoms with Crippen LogP contribution in [0, 0.1) is 6.92 Å². The largest absolute Gasteiger partial charge is 0.452 e. The van der Waals surface area contributed by atoms with Gasteiger partial charge >= 0.3 is 12.6 Å². The summed E-state index contributed by atoms with van der Waals surface area (Å²) in [6, 6.07) is 5.70. The number of hydrogen-bond donors (Lipinski definition) is 1. The van der Waals surface area contributed by atoms with Crippen LogP contribution in [0.2, 0.25) is 0 Å². The fraction of sp³-hybridized carbons (Fsp3) is 0.267. The summed E-state index contributed by atoms with van der Waals surface area (Å²) in [5.74, 6) is -1.57. The normalized spacial score (nSPS) is 10.5. The number of amides is 1. The summed E-state index contributed by atoms with van der Waals surface area (Å²) in [6.45, 7) is -1.91. The lowest BCUT2D eigenvalue weighted by atomic mass is 10.3. The van der Waals surface area contributed by atoms with Crippen molar-refractivity contribution in [3.05, 3.63) is 41.7 Å². The van der Waals surface area contributed by atoms with Crippen molar-refractivity contribution in [1.29, 1.82) is 0 Å². The highest BCUT2D eigenvalue weighted by Gasteiger charge is 2.17. The van der Waals surface area contributed by atoms with Crippen molar-refractivity contribution in [3.63, 3.8) is 0 Å². The summed E-state index contributed by atoms with van der Waals surface area (Å²) in [4.78, 5) is 23.7. The predicted molar refractivity (Wildman–Crippen MR) is 79.9 cm³/mol. The molecule has 0 saturated heterocycles. The quantitative estimate of drug-likeness (QED) is 0.815. The van der Waals surface area contributed by atoms with Gasteiger partial charge in [-0.2, -0.15) is 13.9 Å². The Morgan fingerprint density at radius 2 is 2.04 bits per heavy atom. The fourth-order valence-corrected chi connectivity index (χ4v) is 1.86. The van der Waals surface area contributed by atoms with Gasteiger partial charge in [0.1, 0.15) is 11.3 Å². The molecule has 0 aliphatic heterocycles. The zero-order valence-electron chi connectivity index (χ0n) is 13.0. The first-order valence-electron chi connectivity index (χ1n) is 6.88. The van der Waals surface area contributed by atoms with Gasteiger partial charge in [-0.3, -0.25) is 9.48 Å². The Kier molecular flexibility index (Phi) is 5.46. The maximum absolute atomic E-state index is 12.3. The third kappa shape index (κ3) is 4.28. The molecule has 0 spiro atoms. The summed E-state index contributed by atoms with van der Waals surface area (Å²) in [6.07, 6.45) is 1.33. The van der Waals surface area contributed by atoms with Crippen molar-refractivity contribution < 1.29 is 27.8 Å². The number of alkyl halides is 2. The van der Waals surface area contributed by atoms with E-state index in [0.29, 0.717) is 5.69 Å². The molecule has 2 aromatic rings. The Balaban J connectivity index is 1.94. The summed E-state index contributed by atoms with van der Waals surface area (Å²) in [5, 5.41) is 6.25. The van der Waals surface area contributed by atoms with Crippen LogP contribution in [-0.2, 0) is 16.6 Å². The fourth-order valence-electron chi connectivity index (χ4n) is 1.86. The molecule has 0 radical (unpaired) electrons. The van der Waals surface area contributed by atoms with Crippen LogP contribution in [0.5, 0.6) is 5.75 Å². The Hall–Kier alpha value is -2.97. The van der Waals surface area contributed by atoms with Crippen LogP contribution < -0.4 is 10.1 Å². The van der Waals surface area contributed by atoms with E-state index in [-0.39, 0.29) is 17.0 Å². The number of carbonyl (C=O) groups is 2. The lowest BCUT2D eigenvalue weighted by Crippen LogP contribution is -2.21.